The zero-order valence-electron chi connectivity index (χ0n) is 11.4. The van der Waals surface area contributed by atoms with Gasteiger partial charge in [-0.15, -0.1) is 0 Å². The summed E-state index contributed by atoms with van der Waals surface area (Å²) in [7, 11) is 0. The highest BCUT2D eigenvalue weighted by Crippen LogP contribution is 2.14. The van der Waals surface area contributed by atoms with Gasteiger partial charge in [-0.3, -0.25) is 4.79 Å². The number of nitrogens with one attached hydrogen (secondary N) is 1. The minimum absolute atomic E-state index is 0.0269. The van der Waals surface area contributed by atoms with E-state index in [1.54, 1.807) is 6.20 Å². The molecule has 0 radical (unpaired) electrons. The van der Waals surface area contributed by atoms with E-state index in [-0.39, 0.29) is 11.9 Å². The Morgan fingerprint density at radius 1 is 1.53 bits per heavy atom. The normalized spacial score (nSPS) is 17.1. The maximum Gasteiger partial charge on any atom is 0.225 e. The van der Waals surface area contributed by atoms with Gasteiger partial charge >= 0.3 is 0 Å². The molecule has 2 heterocycles. The second-order valence-electron chi connectivity index (χ2n) is 4.52. The fourth-order valence-corrected chi connectivity index (χ4v) is 1.94. The van der Waals surface area contributed by atoms with Gasteiger partial charge in [0, 0.05) is 25.7 Å². The van der Waals surface area contributed by atoms with Crippen LogP contribution in [0.15, 0.2) is 12.3 Å². The fraction of sp³-hybridized carbons (Fsp3) is 0.615. The third-order valence-corrected chi connectivity index (χ3v) is 3.10. The molecule has 1 atom stereocenters. The minimum Gasteiger partial charge on any atom is -0.378 e. The molecule has 0 aliphatic carbocycles. The minimum atomic E-state index is -0.102. The van der Waals surface area contributed by atoms with Crippen molar-refractivity contribution in [2.24, 2.45) is 0 Å². The maximum absolute atomic E-state index is 11.4. The third-order valence-electron chi connectivity index (χ3n) is 3.10. The van der Waals surface area contributed by atoms with Gasteiger partial charge in [0.1, 0.15) is 0 Å². The Morgan fingerprint density at radius 3 is 2.95 bits per heavy atom. The second-order valence-corrected chi connectivity index (χ2v) is 4.52. The highest BCUT2D eigenvalue weighted by molar-refractivity contribution is 5.75. The number of amides is 1. The number of ether oxygens (including phenoxy) is 1. The van der Waals surface area contributed by atoms with Gasteiger partial charge in [-0.25, -0.2) is 9.97 Å². The highest BCUT2D eigenvalue weighted by Gasteiger charge is 2.16. The summed E-state index contributed by atoms with van der Waals surface area (Å²) >= 11 is 0. The number of rotatable bonds is 4. The molecule has 1 amide bonds. The Morgan fingerprint density at radius 2 is 2.26 bits per heavy atom. The average Bonchev–Trinajstić information content (AvgIpc) is 2.48. The zero-order valence-corrected chi connectivity index (χ0v) is 11.4. The van der Waals surface area contributed by atoms with Gasteiger partial charge in [0.15, 0.2) is 0 Å². The van der Waals surface area contributed by atoms with Gasteiger partial charge in [0.2, 0.25) is 11.9 Å². The second kappa shape index (κ2) is 6.47. The molecule has 0 bridgehead atoms. The van der Waals surface area contributed by atoms with Crippen LogP contribution in [-0.2, 0) is 9.53 Å². The van der Waals surface area contributed by atoms with Crippen molar-refractivity contribution in [3.8, 4) is 0 Å². The number of anilines is 1. The molecule has 1 saturated heterocycles. The lowest BCUT2D eigenvalue weighted by Crippen LogP contribution is -2.37. The highest BCUT2D eigenvalue weighted by atomic mass is 16.5. The molecule has 0 saturated carbocycles. The molecule has 6 heteroatoms. The molecule has 0 spiro atoms. The number of aromatic nitrogens is 2. The summed E-state index contributed by atoms with van der Waals surface area (Å²) in [6.45, 7) is 6.78. The molecule has 6 nitrogen and oxygen atoms in total. The Kier molecular flexibility index (Phi) is 4.68. The summed E-state index contributed by atoms with van der Waals surface area (Å²) in [4.78, 5) is 22.3. The van der Waals surface area contributed by atoms with Crippen molar-refractivity contribution in [2.45, 2.75) is 26.3 Å². The summed E-state index contributed by atoms with van der Waals surface area (Å²) in [6.07, 6.45) is 2.22. The van der Waals surface area contributed by atoms with E-state index in [1.165, 1.54) is 0 Å². The molecule has 1 aliphatic heterocycles. The predicted octanol–water partition coefficient (Wildman–Crippen LogP) is 0.900. The molecule has 1 N–H and O–H groups in total. The molecule has 1 aromatic heterocycles. The molecular formula is C13H20N4O2. The maximum atomic E-state index is 11.4. The summed E-state index contributed by atoms with van der Waals surface area (Å²) in [5, 5.41) is 2.90. The number of carbonyl (C=O) groups is 1. The van der Waals surface area contributed by atoms with Crippen LogP contribution < -0.4 is 10.2 Å². The van der Waals surface area contributed by atoms with Crippen LogP contribution in [0.25, 0.3) is 0 Å². The number of hydrogen-bond donors (Lipinski definition) is 1. The molecule has 1 aliphatic rings. The van der Waals surface area contributed by atoms with Gasteiger partial charge in [0.05, 0.1) is 24.9 Å². The number of morpholine rings is 1. The summed E-state index contributed by atoms with van der Waals surface area (Å²) in [5.74, 6) is 0.734. The molecule has 1 fully saturated rings. The van der Waals surface area contributed by atoms with Crippen molar-refractivity contribution in [2.75, 3.05) is 31.2 Å². The van der Waals surface area contributed by atoms with E-state index in [0.717, 1.165) is 18.8 Å². The quantitative estimate of drug-likeness (QED) is 0.875. The lowest BCUT2D eigenvalue weighted by atomic mass is 10.2. The van der Waals surface area contributed by atoms with E-state index in [9.17, 15) is 4.79 Å². The van der Waals surface area contributed by atoms with Crippen molar-refractivity contribution in [1.82, 2.24) is 15.3 Å². The lowest BCUT2D eigenvalue weighted by molar-refractivity contribution is -0.121. The summed E-state index contributed by atoms with van der Waals surface area (Å²) in [5.41, 5.74) is 0.832. The van der Waals surface area contributed by atoms with Gasteiger partial charge in [-0.1, -0.05) is 6.92 Å². The van der Waals surface area contributed by atoms with Crippen LogP contribution in [0.3, 0.4) is 0 Å². The monoisotopic (exact) mass is 264 g/mol. The van der Waals surface area contributed by atoms with Gasteiger partial charge in [0.25, 0.3) is 0 Å². The fourth-order valence-electron chi connectivity index (χ4n) is 1.94. The molecule has 19 heavy (non-hydrogen) atoms. The Labute approximate surface area is 113 Å². The Hall–Kier alpha value is -1.69. The smallest absolute Gasteiger partial charge is 0.225 e. The van der Waals surface area contributed by atoms with Crippen molar-refractivity contribution >= 4 is 11.9 Å². The topological polar surface area (TPSA) is 67.4 Å². The lowest BCUT2D eigenvalue weighted by Gasteiger charge is -2.27. The van der Waals surface area contributed by atoms with E-state index >= 15 is 0 Å². The number of hydrogen-bond acceptors (Lipinski definition) is 5. The first-order valence-electron chi connectivity index (χ1n) is 6.65. The molecule has 0 unspecified atom stereocenters. The summed E-state index contributed by atoms with van der Waals surface area (Å²) in [6, 6.07) is 1.74. The Bertz CT molecular complexity index is 432. The predicted molar refractivity (Wildman–Crippen MR) is 71.9 cm³/mol. The first-order valence-corrected chi connectivity index (χ1v) is 6.65. The van der Waals surface area contributed by atoms with Crippen LogP contribution in [0.5, 0.6) is 0 Å². The van der Waals surface area contributed by atoms with Crippen LogP contribution in [0.1, 0.15) is 32.0 Å². The van der Waals surface area contributed by atoms with Gasteiger partial charge in [-0.2, -0.15) is 0 Å². The number of carbonyl (C=O) groups excluding carboxylic acids is 1. The molecule has 0 aromatic carbocycles. The Balaban J connectivity index is 2.07. The van der Waals surface area contributed by atoms with Gasteiger partial charge in [-0.05, 0) is 13.0 Å². The largest absolute Gasteiger partial charge is 0.378 e. The van der Waals surface area contributed by atoms with Crippen LogP contribution >= 0.6 is 0 Å². The SMILES string of the molecule is CCC(=O)N[C@H](C)c1ccnc(N2CCOCC2)n1. The van der Waals surface area contributed by atoms with E-state index in [0.29, 0.717) is 25.6 Å². The van der Waals surface area contributed by atoms with Crippen LogP contribution in [-0.4, -0.2) is 42.2 Å². The van der Waals surface area contributed by atoms with E-state index in [4.69, 9.17) is 4.74 Å². The van der Waals surface area contributed by atoms with E-state index in [1.807, 2.05) is 19.9 Å². The summed E-state index contributed by atoms with van der Waals surface area (Å²) < 4.78 is 5.31. The van der Waals surface area contributed by atoms with Crippen LogP contribution in [0, 0.1) is 0 Å². The molecule has 104 valence electrons. The third kappa shape index (κ3) is 3.64. The van der Waals surface area contributed by atoms with Crippen LogP contribution in [0.4, 0.5) is 5.95 Å². The van der Waals surface area contributed by atoms with Gasteiger partial charge < -0.3 is 15.0 Å². The first kappa shape index (κ1) is 13.7. The van der Waals surface area contributed by atoms with Crippen LogP contribution in [0.2, 0.25) is 0 Å². The van der Waals surface area contributed by atoms with E-state index in [2.05, 4.69) is 20.2 Å². The van der Waals surface area contributed by atoms with Crippen molar-refractivity contribution in [3.05, 3.63) is 18.0 Å². The molecular weight excluding hydrogens is 244 g/mol. The number of nitrogens with zero attached hydrogens (tertiary/aromatic N) is 3. The van der Waals surface area contributed by atoms with Crippen molar-refractivity contribution in [3.63, 3.8) is 0 Å². The standard InChI is InChI=1S/C13H20N4O2/c1-3-12(18)15-10(2)11-4-5-14-13(16-11)17-6-8-19-9-7-17/h4-5,10H,3,6-9H2,1-2H3,(H,15,18)/t10-/m1/s1. The van der Waals surface area contributed by atoms with Crippen molar-refractivity contribution in [1.29, 1.82) is 0 Å². The van der Waals surface area contributed by atoms with E-state index < -0.39 is 0 Å². The average molecular weight is 264 g/mol. The first-order chi connectivity index (χ1) is 9.20. The zero-order chi connectivity index (χ0) is 13.7. The van der Waals surface area contributed by atoms with Crippen molar-refractivity contribution < 1.29 is 9.53 Å². The molecule has 2 rings (SSSR count). The molecule has 1 aromatic rings.